The van der Waals surface area contributed by atoms with Crippen LogP contribution in [0.3, 0.4) is 0 Å². The molecule has 1 unspecified atom stereocenters. The van der Waals surface area contributed by atoms with Crippen molar-refractivity contribution >= 4 is 16.9 Å². The van der Waals surface area contributed by atoms with Gasteiger partial charge in [-0.1, -0.05) is 0 Å². The molecule has 1 aromatic heterocycles. The first-order valence-corrected chi connectivity index (χ1v) is 7.07. The molecule has 0 spiro atoms. The Balaban J connectivity index is 1.91. The summed E-state index contributed by atoms with van der Waals surface area (Å²) in [6.45, 7) is 2.29. The molecule has 0 saturated heterocycles. The molecule has 1 aliphatic carbocycles. The van der Waals surface area contributed by atoms with Crippen LogP contribution in [0.1, 0.15) is 36.9 Å². The van der Waals surface area contributed by atoms with E-state index in [2.05, 4.69) is 11.1 Å². The topological polar surface area (TPSA) is 51.3 Å². The van der Waals surface area contributed by atoms with Crippen LogP contribution in [0.25, 0.3) is 10.9 Å². The first kappa shape index (κ1) is 13.0. The van der Waals surface area contributed by atoms with E-state index in [-0.39, 0.29) is 11.9 Å². The average molecular weight is 273 g/mol. The van der Waals surface area contributed by atoms with Gasteiger partial charge in [-0.3, -0.25) is 4.79 Å². The zero-order valence-electron chi connectivity index (χ0n) is 11.9. The van der Waals surface area contributed by atoms with E-state index < -0.39 is 0 Å². The van der Waals surface area contributed by atoms with Crippen LogP contribution < -0.4 is 4.74 Å². The fraction of sp³-hybridized carbons (Fsp3) is 0.438. The standard InChI is InChI=1S/C16H19NO3/c1-3-20-15(18)8-10-4-6-12-13-9-11(19-2)5-7-14(13)17-16(10)12/h5,7,9-10,17H,3-4,6,8H2,1-2H3. The molecule has 1 atom stereocenters. The molecule has 4 heteroatoms. The summed E-state index contributed by atoms with van der Waals surface area (Å²) in [4.78, 5) is 15.1. The lowest BCUT2D eigenvalue weighted by atomic mass is 10.0. The molecule has 1 heterocycles. The number of methoxy groups -OCH3 is 1. The zero-order chi connectivity index (χ0) is 14.1. The fourth-order valence-corrected chi connectivity index (χ4v) is 3.08. The maximum atomic E-state index is 11.7. The summed E-state index contributed by atoms with van der Waals surface area (Å²) in [5.74, 6) is 1.01. The van der Waals surface area contributed by atoms with Gasteiger partial charge in [-0.15, -0.1) is 0 Å². The molecule has 106 valence electrons. The largest absolute Gasteiger partial charge is 0.497 e. The summed E-state index contributed by atoms with van der Waals surface area (Å²) in [7, 11) is 1.68. The van der Waals surface area contributed by atoms with Crippen LogP contribution in [-0.4, -0.2) is 24.7 Å². The first-order chi connectivity index (χ1) is 9.72. The van der Waals surface area contributed by atoms with Crippen LogP contribution in [0.4, 0.5) is 0 Å². The second-order valence-corrected chi connectivity index (χ2v) is 5.17. The second kappa shape index (κ2) is 5.19. The van der Waals surface area contributed by atoms with Crippen LogP contribution in [0, 0.1) is 0 Å². The number of H-pyrrole nitrogens is 1. The van der Waals surface area contributed by atoms with Gasteiger partial charge in [-0.2, -0.15) is 0 Å². The van der Waals surface area contributed by atoms with Gasteiger partial charge in [0.05, 0.1) is 20.1 Å². The molecule has 0 amide bonds. The van der Waals surface area contributed by atoms with E-state index in [1.54, 1.807) is 7.11 Å². The van der Waals surface area contributed by atoms with E-state index in [9.17, 15) is 4.79 Å². The van der Waals surface area contributed by atoms with Crippen LogP contribution in [0.2, 0.25) is 0 Å². The SMILES string of the molecule is CCOC(=O)CC1CCc2c1[nH]c1ccc(OC)cc21. The molecule has 0 aliphatic heterocycles. The monoisotopic (exact) mass is 273 g/mol. The Hall–Kier alpha value is -1.97. The molecule has 3 rings (SSSR count). The summed E-state index contributed by atoms with van der Waals surface area (Å²) in [6, 6.07) is 6.06. The van der Waals surface area contributed by atoms with Gasteiger partial charge < -0.3 is 14.5 Å². The van der Waals surface area contributed by atoms with Crippen LogP contribution >= 0.6 is 0 Å². The molecule has 2 aromatic rings. The number of aromatic nitrogens is 1. The van der Waals surface area contributed by atoms with E-state index in [1.807, 2.05) is 19.1 Å². The minimum Gasteiger partial charge on any atom is -0.497 e. The molecular weight excluding hydrogens is 254 g/mol. The van der Waals surface area contributed by atoms with E-state index in [1.165, 1.54) is 16.6 Å². The Morgan fingerprint density at radius 2 is 2.30 bits per heavy atom. The van der Waals surface area contributed by atoms with E-state index in [4.69, 9.17) is 9.47 Å². The van der Waals surface area contributed by atoms with Gasteiger partial charge in [0.15, 0.2) is 0 Å². The number of carbonyl (C=O) groups excluding carboxylic acids is 1. The fourth-order valence-electron chi connectivity index (χ4n) is 3.08. The van der Waals surface area contributed by atoms with Crippen molar-refractivity contribution in [3.63, 3.8) is 0 Å². The third-order valence-corrected chi connectivity index (χ3v) is 4.02. The Morgan fingerprint density at radius 3 is 3.05 bits per heavy atom. The smallest absolute Gasteiger partial charge is 0.306 e. The van der Waals surface area contributed by atoms with Gasteiger partial charge in [0.2, 0.25) is 0 Å². The predicted octanol–water partition coefficient (Wildman–Crippen LogP) is 3.16. The minimum absolute atomic E-state index is 0.110. The Labute approximate surface area is 118 Å². The molecule has 0 fully saturated rings. The molecule has 20 heavy (non-hydrogen) atoms. The third kappa shape index (κ3) is 2.15. The molecule has 0 radical (unpaired) electrons. The Morgan fingerprint density at radius 1 is 1.45 bits per heavy atom. The van der Waals surface area contributed by atoms with Crippen LogP contribution in [0.5, 0.6) is 5.75 Å². The number of aromatic amines is 1. The molecule has 0 bridgehead atoms. The van der Waals surface area contributed by atoms with Gasteiger partial charge in [0.1, 0.15) is 5.75 Å². The quantitative estimate of drug-likeness (QED) is 0.871. The molecule has 0 saturated carbocycles. The highest BCUT2D eigenvalue weighted by molar-refractivity contribution is 5.87. The van der Waals surface area contributed by atoms with Crippen molar-refractivity contribution in [3.05, 3.63) is 29.5 Å². The molecular formula is C16H19NO3. The van der Waals surface area contributed by atoms with Gasteiger partial charge in [-0.05, 0) is 43.5 Å². The van der Waals surface area contributed by atoms with Crippen molar-refractivity contribution in [2.75, 3.05) is 13.7 Å². The number of hydrogen-bond donors (Lipinski definition) is 1. The lowest BCUT2D eigenvalue weighted by Crippen LogP contribution is -2.08. The van der Waals surface area contributed by atoms with Gasteiger partial charge in [0, 0.05) is 22.5 Å². The van der Waals surface area contributed by atoms with E-state index >= 15 is 0 Å². The number of esters is 1. The third-order valence-electron chi connectivity index (χ3n) is 4.02. The van der Waals surface area contributed by atoms with Crippen LogP contribution in [0.15, 0.2) is 18.2 Å². The summed E-state index contributed by atoms with van der Waals surface area (Å²) in [6.07, 6.45) is 2.48. The predicted molar refractivity (Wildman–Crippen MR) is 77.2 cm³/mol. The highest BCUT2D eigenvalue weighted by atomic mass is 16.5. The number of nitrogens with one attached hydrogen (secondary N) is 1. The van der Waals surface area contributed by atoms with Gasteiger partial charge in [0.25, 0.3) is 0 Å². The van der Waals surface area contributed by atoms with Crippen molar-refractivity contribution in [1.82, 2.24) is 4.98 Å². The Kier molecular flexibility index (Phi) is 3.38. The highest BCUT2D eigenvalue weighted by Gasteiger charge is 2.28. The normalized spacial score (nSPS) is 17.2. The number of fused-ring (bicyclic) bond motifs is 3. The van der Waals surface area contributed by atoms with Gasteiger partial charge in [-0.25, -0.2) is 0 Å². The molecule has 1 N–H and O–H groups in total. The maximum Gasteiger partial charge on any atom is 0.306 e. The van der Waals surface area contributed by atoms with Crippen molar-refractivity contribution < 1.29 is 14.3 Å². The molecule has 1 aliphatic rings. The number of ether oxygens (including phenoxy) is 2. The van der Waals surface area contributed by atoms with Crippen molar-refractivity contribution in [3.8, 4) is 5.75 Å². The van der Waals surface area contributed by atoms with Gasteiger partial charge >= 0.3 is 5.97 Å². The summed E-state index contributed by atoms with van der Waals surface area (Å²) in [5, 5.41) is 1.21. The minimum atomic E-state index is -0.110. The summed E-state index contributed by atoms with van der Waals surface area (Å²) < 4.78 is 10.3. The average Bonchev–Trinajstić information content (AvgIpc) is 2.98. The number of benzene rings is 1. The summed E-state index contributed by atoms with van der Waals surface area (Å²) in [5.41, 5.74) is 3.64. The lowest BCUT2D eigenvalue weighted by molar-refractivity contribution is -0.143. The number of rotatable bonds is 4. The number of hydrogen-bond acceptors (Lipinski definition) is 3. The van der Waals surface area contributed by atoms with Crippen molar-refractivity contribution in [2.24, 2.45) is 0 Å². The highest BCUT2D eigenvalue weighted by Crippen LogP contribution is 2.40. The maximum absolute atomic E-state index is 11.7. The zero-order valence-corrected chi connectivity index (χ0v) is 11.9. The number of aryl methyl sites for hydroxylation is 1. The van der Waals surface area contributed by atoms with Crippen LogP contribution in [-0.2, 0) is 16.0 Å². The summed E-state index contributed by atoms with van der Waals surface area (Å²) >= 11 is 0. The molecule has 1 aromatic carbocycles. The first-order valence-electron chi connectivity index (χ1n) is 7.07. The second-order valence-electron chi connectivity index (χ2n) is 5.17. The molecule has 4 nitrogen and oxygen atoms in total. The van der Waals surface area contributed by atoms with E-state index in [0.717, 1.165) is 24.1 Å². The Bertz CT molecular complexity index is 644. The lowest BCUT2D eigenvalue weighted by Gasteiger charge is -2.08. The van der Waals surface area contributed by atoms with Crippen molar-refractivity contribution in [2.45, 2.75) is 32.1 Å². The van der Waals surface area contributed by atoms with E-state index in [0.29, 0.717) is 13.0 Å². The number of carbonyl (C=O) groups is 1. The van der Waals surface area contributed by atoms with Crippen molar-refractivity contribution in [1.29, 1.82) is 0 Å².